The number of halogens is 1. The average Bonchev–Trinajstić information content (AvgIpc) is 2.39. The Bertz CT molecular complexity index is 549. The van der Waals surface area contributed by atoms with E-state index in [0.717, 1.165) is 0 Å². The zero-order valence-corrected chi connectivity index (χ0v) is 9.93. The summed E-state index contributed by atoms with van der Waals surface area (Å²) in [6.07, 6.45) is 0. The predicted molar refractivity (Wildman–Crippen MR) is 70.0 cm³/mol. The number of carbonyl (C=O) groups excluding carboxylic acids is 1. The molecule has 0 aliphatic rings. The van der Waals surface area contributed by atoms with E-state index in [2.05, 4.69) is 0 Å². The minimum atomic E-state index is -0.327. The van der Waals surface area contributed by atoms with Gasteiger partial charge in [0.25, 0.3) is 5.91 Å². The highest BCUT2D eigenvalue weighted by Gasteiger charge is 2.12. The molecule has 4 heteroatoms. The van der Waals surface area contributed by atoms with Crippen molar-refractivity contribution in [1.82, 2.24) is 0 Å². The molecule has 0 aromatic heterocycles. The largest absolute Gasteiger partial charge is 0.399 e. The number of nitrogen functional groups attached to an aromatic ring is 1. The Balaban J connectivity index is 2.23. The zero-order chi connectivity index (χ0) is 13.1. The third kappa shape index (κ3) is 2.48. The summed E-state index contributed by atoms with van der Waals surface area (Å²) < 4.78 is 12.8. The number of hydrogen-bond donors (Lipinski definition) is 1. The maximum Gasteiger partial charge on any atom is 0.258 e. The minimum Gasteiger partial charge on any atom is -0.399 e. The lowest BCUT2D eigenvalue weighted by molar-refractivity contribution is 0.0993. The first-order chi connectivity index (χ1) is 8.58. The molecule has 0 saturated heterocycles. The highest BCUT2D eigenvalue weighted by Crippen LogP contribution is 2.16. The van der Waals surface area contributed by atoms with Crippen LogP contribution in [0.15, 0.2) is 48.5 Å². The normalized spacial score (nSPS) is 10.1. The van der Waals surface area contributed by atoms with Gasteiger partial charge in [-0.05, 0) is 48.5 Å². The van der Waals surface area contributed by atoms with Crippen LogP contribution in [0, 0.1) is 5.82 Å². The topological polar surface area (TPSA) is 46.3 Å². The van der Waals surface area contributed by atoms with Crippen molar-refractivity contribution in [3.63, 3.8) is 0 Å². The first-order valence-electron chi connectivity index (χ1n) is 5.47. The van der Waals surface area contributed by atoms with Crippen LogP contribution >= 0.6 is 0 Å². The van der Waals surface area contributed by atoms with Crippen LogP contribution in [-0.4, -0.2) is 13.0 Å². The number of nitrogens with two attached hydrogens (primary N) is 1. The van der Waals surface area contributed by atoms with Crippen LogP contribution in [-0.2, 0) is 0 Å². The van der Waals surface area contributed by atoms with Gasteiger partial charge in [0.2, 0.25) is 0 Å². The molecule has 0 atom stereocenters. The molecule has 18 heavy (non-hydrogen) atoms. The van der Waals surface area contributed by atoms with E-state index in [1.165, 1.54) is 17.0 Å². The van der Waals surface area contributed by atoms with Gasteiger partial charge in [-0.15, -0.1) is 0 Å². The van der Waals surface area contributed by atoms with Gasteiger partial charge in [0.15, 0.2) is 0 Å². The smallest absolute Gasteiger partial charge is 0.258 e. The van der Waals surface area contributed by atoms with Crippen LogP contribution in [0.1, 0.15) is 10.4 Å². The fourth-order valence-corrected chi connectivity index (χ4v) is 1.60. The molecule has 92 valence electrons. The van der Waals surface area contributed by atoms with Crippen LogP contribution in [0.4, 0.5) is 15.8 Å². The van der Waals surface area contributed by atoms with E-state index in [9.17, 15) is 9.18 Å². The van der Waals surface area contributed by atoms with E-state index in [-0.39, 0.29) is 11.7 Å². The molecular formula is C14H13FN2O. The number of hydrogen-bond acceptors (Lipinski definition) is 2. The second-order valence-corrected chi connectivity index (χ2v) is 3.96. The van der Waals surface area contributed by atoms with Crippen LogP contribution in [0.25, 0.3) is 0 Å². The van der Waals surface area contributed by atoms with Crippen molar-refractivity contribution in [2.75, 3.05) is 17.7 Å². The van der Waals surface area contributed by atoms with Crippen molar-refractivity contribution >= 4 is 17.3 Å². The molecular weight excluding hydrogens is 231 g/mol. The van der Waals surface area contributed by atoms with Crippen molar-refractivity contribution < 1.29 is 9.18 Å². The maximum absolute atomic E-state index is 12.8. The lowest BCUT2D eigenvalue weighted by atomic mass is 10.1. The highest BCUT2D eigenvalue weighted by atomic mass is 19.1. The number of rotatable bonds is 2. The summed E-state index contributed by atoms with van der Waals surface area (Å²) in [5, 5.41) is 0. The Morgan fingerprint density at radius 1 is 1.06 bits per heavy atom. The molecule has 2 aromatic carbocycles. The third-order valence-corrected chi connectivity index (χ3v) is 2.68. The molecule has 0 radical (unpaired) electrons. The molecule has 2 N–H and O–H groups in total. The standard InChI is InChI=1S/C14H13FN2O/c1-17(13-8-4-11(15)5-9-13)14(18)10-2-6-12(16)7-3-10/h2-9H,16H2,1H3. The van der Waals surface area contributed by atoms with E-state index >= 15 is 0 Å². The SMILES string of the molecule is CN(C(=O)c1ccc(N)cc1)c1ccc(F)cc1. The van der Waals surface area contributed by atoms with Crippen molar-refractivity contribution in [2.45, 2.75) is 0 Å². The van der Waals surface area contributed by atoms with E-state index in [0.29, 0.717) is 16.9 Å². The van der Waals surface area contributed by atoms with Crippen molar-refractivity contribution in [3.8, 4) is 0 Å². The van der Waals surface area contributed by atoms with Crippen molar-refractivity contribution in [3.05, 3.63) is 59.9 Å². The first-order valence-corrected chi connectivity index (χ1v) is 5.47. The van der Waals surface area contributed by atoms with Gasteiger partial charge in [-0.25, -0.2) is 4.39 Å². The molecule has 0 heterocycles. The van der Waals surface area contributed by atoms with E-state index in [4.69, 9.17) is 5.73 Å². The lowest BCUT2D eigenvalue weighted by Gasteiger charge is -2.17. The second-order valence-electron chi connectivity index (χ2n) is 3.96. The fraction of sp³-hybridized carbons (Fsp3) is 0.0714. The quantitative estimate of drug-likeness (QED) is 0.825. The van der Waals surface area contributed by atoms with Gasteiger partial charge in [0.1, 0.15) is 5.82 Å². The monoisotopic (exact) mass is 244 g/mol. The lowest BCUT2D eigenvalue weighted by Crippen LogP contribution is -2.26. The number of carbonyl (C=O) groups is 1. The Morgan fingerprint density at radius 2 is 1.61 bits per heavy atom. The molecule has 0 bridgehead atoms. The van der Waals surface area contributed by atoms with Gasteiger partial charge in [-0.2, -0.15) is 0 Å². The van der Waals surface area contributed by atoms with Crippen LogP contribution < -0.4 is 10.6 Å². The maximum atomic E-state index is 12.8. The van der Waals surface area contributed by atoms with Crippen LogP contribution in [0.3, 0.4) is 0 Å². The highest BCUT2D eigenvalue weighted by molar-refractivity contribution is 6.05. The van der Waals surface area contributed by atoms with Crippen LogP contribution in [0.2, 0.25) is 0 Å². The summed E-state index contributed by atoms with van der Waals surface area (Å²) >= 11 is 0. The molecule has 0 fully saturated rings. The molecule has 0 spiro atoms. The van der Waals surface area contributed by atoms with Crippen molar-refractivity contribution in [1.29, 1.82) is 0 Å². The summed E-state index contributed by atoms with van der Waals surface area (Å²) in [6, 6.07) is 12.4. The molecule has 1 amide bonds. The number of amides is 1. The minimum absolute atomic E-state index is 0.165. The van der Waals surface area contributed by atoms with Crippen molar-refractivity contribution in [2.24, 2.45) is 0 Å². The fourth-order valence-electron chi connectivity index (χ4n) is 1.60. The number of benzene rings is 2. The summed E-state index contributed by atoms with van der Waals surface area (Å²) in [7, 11) is 1.64. The first kappa shape index (κ1) is 12.1. The molecule has 2 rings (SSSR count). The average molecular weight is 244 g/mol. The van der Waals surface area contributed by atoms with Gasteiger partial charge in [-0.1, -0.05) is 0 Å². The summed E-state index contributed by atoms with van der Waals surface area (Å²) in [6.45, 7) is 0. The summed E-state index contributed by atoms with van der Waals surface area (Å²) in [5.74, 6) is -0.492. The predicted octanol–water partition coefficient (Wildman–Crippen LogP) is 2.68. The Kier molecular flexibility index (Phi) is 3.28. The van der Waals surface area contributed by atoms with Gasteiger partial charge in [-0.3, -0.25) is 4.79 Å². The Labute approximate surface area is 105 Å². The molecule has 0 saturated carbocycles. The number of anilines is 2. The summed E-state index contributed by atoms with van der Waals surface area (Å²) in [5.41, 5.74) is 7.35. The van der Waals surface area contributed by atoms with Gasteiger partial charge in [0, 0.05) is 24.0 Å². The zero-order valence-electron chi connectivity index (χ0n) is 9.93. The van der Waals surface area contributed by atoms with E-state index in [1.807, 2.05) is 0 Å². The summed E-state index contributed by atoms with van der Waals surface area (Å²) in [4.78, 5) is 13.6. The second kappa shape index (κ2) is 4.87. The molecule has 2 aromatic rings. The molecule has 3 nitrogen and oxygen atoms in total. The van der Waals surface area contributed by atoms with E-state index < -0.39 is 0 Å². The van der Waals surface area contributed by atoms with Gasteiger partial charge >= 0.3 is 0 Å². The molecule has 0 aliphatic carbocycles. The third-order valence-electron chi connectivity index (χ3n) is 2.68. The Hall–Kier alpha value is -2.36. The van der Waals surface area contributed by atoms with E-state index in [1.54, 1.807) is 43.4 Å². The molecule has 0 aliphatic heterocycles. The van der Waals surface area contributed by atoms with Gasteiger partial charge in [0.05, 0.1) is 0 Å². The Morgan fingerprint density at radius 3 is 2.17 bits per heavy atom. The van der Waals surface area contributed by atoms with Gasteiger partial charge < -0.3 is 10.6 Å². The van der Waals surface area contributed by atoms with Crippen LogP contribution in [0.5, 0.6) is 0 Å². The number of nitrogens with zero attached hydrogens (tertiary/aromatic N) is 1. The molecule has 0 unspecified atom stereocenters.